The summed E-state index contributed by atoms with van der Waals surface area (Å²) in [5, 5.41) is 3.27. The third-order valence-corrected chi connectivity index (χ3v) is 4.41. The zero-order valence-electron chi connectivity index (χ0n) is 15.8. The van der Waals surface area contributed by atoms with E-state index in [4.69, 9.17) is 9.57 Å². The van der Waals surface area contributed by atoms with Gasteiger partial charge in [0.25, 0.3) is 11.8 Å². The fraction of sp³-hybridized carbons (Fsp3) is 0.238. The van der Waals surface area contributed by atoms with Gasteiger partial charge in [-0.1, -0.05) is 42.5 Å². The molecule has 0 saturated heterocycles. The highest BCUT2D eigenvalue weighted by Crippen LogP contribution is 2.22. The van der Waals surface area contributed by atoms with E-state index >= 15 is 0 Å². The highest BCUT2D eigenvalue weighted by Gasteiger charge is 2.36. The summed E-state index contributed by atoms with van der Waals surface area (Å²) in [4.78, 5) is 54.1. The van der Waals surface area contributed by atoms with Crippen LogP contribution in [0, 0.1) is 0 Å². The predicted molar refractivity (Wildman–Crippen MR) is 102 cm³/mol. The van der Waals surface area contributed by atoms with E-state index in [9.17, 15) is 19.2 Å². The number of methoxy groups -OCH3 is 1. The highest BCUT2D eigenvalue weighted by molar-refractivity contribution is 6.20. The Morgan fingerprint density at radius 1 is 0.966 bits per heavy atom. The van der Waals surface area contributed by atoms with Crippen LogP contribution in [0.4, 0.5) is 0 Å². The molecule has 0 bridgehead atoms. The number of amides is 3. The number of esters is 1. The van der Waals surface area contributed by atoms with Crippen molar-refractivity contribution in [1.82, 2.24) is 10.4 Å². The van der Waals surface area contributed by atoms with Crippen LogP contribution in [-0.2, 0) is 25.6 Å². The van der Waals surface area contributed by atoms with Crippen LogP contribution in [0.25, 0.3) is 0 Å². The van der Waals surface area contributed by atoms with Crippen molar-refractivity contribution < 1.29 is 28.8 Å². The molecule has 1 aliphatic heterocycles. The van der Waals surface area contributed by atoms with E-state index in [-0.39, 0.29) is 36.5 Å². The van der Waals surface area contributed by atoms with Gasteiger partial charge in [-0.2, -0.15) is 0 Å². The Balaban J connectivity index is 1.56. The van der Waals surface area contributed by atoms with Crippen molar-refractivity contribution >= 4 is 23.7 Å². The highest BCUT2D eigenvalue weighted by atomic mass is 16.7. The van der Waals surface area contributed by atoms with Crippen molar-refractivity contribution in [3.63, 3.8) is 0 Å². The van der Waals surface area contributed by atoms with Crippen molar-refractivity contribution in [1.29, 1.82) is 0 Å². The molecule has 0 radical (unpaired) electrons. The molecule has 3 rings (SSSR count). The lowest BCUT2D eigenvalue weighted by atomic mass is 10.1. The molecular formula is C21H20N2O6. The summed E-state index contributed by atoms with van der Waals surface area (Å²) in [5.74, 6) is -2.12. The summed E-state index contributed by atoms with van der Waals surface area (Å²) in [6.45, 7) is -0.142. The maximum atomic E-state index is 12.3. The fourth-order valence-electron chi connectivity index (χ4n) is 2.96. The lowest BCUT2D eigenvalue weighted by molar-refractivity contribution is -0.146. The zero-order valence-corrected chi connectivity index (χ0v) is 15.8. The van der Waals surface area contributed by atoms with Crippen LogP contribution in [0.1, 0.15) is 32.7 Å². The van der Waals surface area contributed by atoms with Gasteiger partial charge >= 0.3 is 5.97 Å². The number of imide groups is 1. The van der Waals surface area contributed by atoms with Crippen molar-refractivity contribution in [3.8, 4) is 0 Å². The van der Waals surface area contributed by atoms with Gasteiger partial charge in [-0.3, -0.25) is 19.2 Å². The number of carbonyl (C=O) groups excluding carboxylic acids is 4. The molecule has 1 unspecified atom stereocenters. The van der Waals surface area contributed by atoms with E-state index in [0.717, 1.165) is 5.56 Å². The molecule has 0 aliphatic carbocycles. The zero-order chi connectivity index (χ0) is 20.8. The second-order valence-corrected chi connectivity index (χ2v) is 6.38. The van der Waals surface area contributed by atoms with Crippen molar-refractivity contribution in [2.75, 3.05) is 13.7 Å². The Bertz CT molecular complexity index is 893. The summed E-state index contributed by atoms with van der Waals surface area (Å²) in [5.41, 5.74) is 1.33. The first-order valence-electron chi connectivity index (χ1n) is 9.03. The van der Waals surface area contributed by atoms with Crippen LogP contribution in [-0.4, -0.2) is 48.5 Å². The number of hydrogen-bond donors (Lipinski definition) is 1. The lowest BCUT2D eigenvalue weighted by Crippen LogP contribution is -2.43. The van der Waals surface area contributed by atoms with Gasteiger partial charge in [0.15, 0.2) is 0 Å². The lowest BCUT2D eigenvalue weighted by Gasteiger charge is -2.18. The molecule has 1 heterocycles. The Morgan fingerprint density at radius 3 is 2.14 bits per heavy atom. The number of carbonyl (C=O) groups is 4. The molecule has 0 spiro atoms. The van der Waals surface area contributed by atoms with Crippen molar-refractivity contribution in [2.24, 2.45) is 0 Å². The molecule has 0 aromatic heterocycles. The SMILES string of the molecule is COC(=O)C(CCON1C(=O)c2ccccc2C1=O)NC(=O)Cc1ccccc1. The predicted octanol–water partition coefficient (Wildman–Crippen LogP) is 1.50. The van der Waals surface area contributed by atoms with E-state index in [1.807, 2.05) is 18.2 Å². The summed E-state index contributed by atoms with van der Waals surface area (Å²) < 4.78 is 4.72. The van der Waals surface area contributed by atoms with E-state index < -0.39 is 23.8 Å². The van der Waals surface area contributed by atoms with Crippen LogP contribution in [0.5, 0.6) is 0 Å². The summed E-state index contributed by atoms with van der Waals surface area (Å²) in [7, 11) is 1.21. The summed E-state index contributed by atoms with van der Waals surface area (Å²) >= 11 is 0. The van der Waals surface area contributed by atoms with Gasteiger partial charge in [-0.15, -0.1) is 5.06 Å². The molecule has 3 amide bonds. The van der Waals surface area contributed by atoms with Crippen LogP contribution in [0.3, 0.4) is 0 Å². The topological polar surface area (TPSA) is 102 Å². The summed E-state index contributed by atoms with van der Waals surface area (Å²) in [6, 6.07) is 14.5. The number of benzene rings is 2. The smallest absolute Gasteiger partial charge is 0.328 e. The first-order chi connectivity index (χ1) is 14.0. The number of nitrogens with zero attached hydrogens (tertiary/aromatic N) is 1. The third kappa shape index (κ3) is 4.67. The fourth-order valence-corrected chi connectivity index (χ4v) is 2.96. The molecule has 29 heavy (non-hydrogen) atoms. The minimum atomic E-state index is -0.966. The first-order valence-corrected chi connectivity index (χ1v) is 9.03. The molecular weight excluding hydrogens is 376 g/mol. The Kier molecular flexibility index (Phi) is 6.36. The van der Waals surface area contributed by atoms with Gasteiger partial charge in [0, 0.05) is 6.42 Å². The normalized spacial score (nSPS) is 13.8. The standard InChI is InChI=1S/C21H20N2O6/c1-28-21(27)17(22-18(24)13-14-7-3-2-4-8-14)11-12-29-23-19(25)15-9-5-6-10-16(15)20(23)26/h2-10,17H,11-13H2,1H3,(H,22,24). The number of hydrogen-bond acceptors (Lipinski definition) is 6. The van der Waals surface area contributed by atoms with E-state index in [0.29, 0.717) is 5.06 Å². The molecule has 150 valence electrons. The molecule has 1 N–H and O–H groups in total. The molecule has 1 atom stereocenters. The second-order valence-electron chi connectivity index (χ2n) is 6.38. The molecule has 2 aromatic carbocycles. The molecule has 2 aromatic rings. The van der Waals surface area contributed by atoms with Crippen LogP contribution in [0.2, 0.25) is 0 Å². The number of nitrogens with one attached hydrogen (secondary N) is 1. The quantitative estimate of drug-likeness (QED) is 0.536. The molecule has 0 fully saturated rings. The van der Waals surface area contributed by atoms with E-state index in [1.165, 1.54) is 7.11 Å². The molecule has 8 heteroatoms. The Labute approximate surface area is 167 Å². The average molecular weight is 396 g/mol. The van der Waals surface area contributed by atoms with Crippen molar-refractivity contribution in [3.05, 3.63) is 71.3 Å². The van der Waals surface area contributed by atoms with Crippen LogP contribution < -0.4 is 5.32 Å². The second kappa shape index (κ2) is 9.11. The largest absolute Gasteiger partial charge is 0.467 e. The Hall–Kier alpha value is -3.52. The maximum Gasteiger partial charge on any atom is 0.328 e. The van der Waals surface area contributed by atoms with Gasteiger partial charge in [0.2, 0.25) is 5.91 Å². The van der Waals surface area contributed by atoms with Gasteiger partial charge in [-0.25, -0.2) is 4.79 Å². The van der Waals surface area contributed by atoms with Crippen LogP contribution in [0.15, 0.2) is 54.6 Å². The summed E-state index contributed by atoms with van der Waals surface area (Å²) in [6.07, 6.45) is 0.133. The molecule has 1 aliphatic rings. The van der Waals surface area contributed by atoms with Gasteiger partial charge in [0.1, 0.15) is 6.04 Å². The number of hydroxylamine groups is 2. The van der Waals surface area contributed by atoms with Gasteiger partial charge in [0.05, 0.1) is 31.3 Å². The third-order valence-electron chi connectivity index (χ3n) is 4.41. The van der Waals surface area contributed by atoms with E-state index in [2.05, 4.69) is 5.32 Å². The number of fused-ring (bicyclic) bond motifs is 1. The molecule has 8 nitrogen and oxygen atoms in total. The minimum Gasteiger partial charge on any atom is -0.467 e. The number of rotatable bonds is 8. The first kappa shape index (κ1) is 20.2. The average Bonchev–Trinajstić information content (AvgIpc) is 2.98. The van der Waals surface area contributed by atoms with E-state index in [1.54, 1.807) is 36.4 Å². The van der Waals surface area contributed by atoms with Crippen molar-refractivity contribution in [2.45, 2.75) is 18.9 Å². The molecule has 0 saturated carbocycles. The minimum absolute atomic E-state index is 0.0284. The van der Waals surface area contributed by atoms with Gasteiger partial charge in [-0.05, 0) is 17.7 Å². The van der Waals surface area contributed by atoms with Crippen LogP contribution >= 0.6 is 0 Å². The Morgan fingerprint density at radius 2 is 1.55 bits per heavy atom. The monoisotopic (exact) mass is 396 g/mol. The number of ether oxygens (including phenoxy) is 1. The maximum absolute atomic E-state index is 12.3. The van der Waals surface area contributed by atoms with Gasteiger partial charge < -0.3 is 10.1 Å².